The lowest BCUT2D eigenvalue weighted by atomic mass is 9.95. The van der Waals surface area contributed by atoms with Crippen LogP contribution in [-0.2, 0) is 9.59 Å². The molecule has 5 nitrogen and oxygen atoms in total. The highest BCUT2D eigenvalue weighted by Crippen LogP contribution is 2.26. The van der Waals surface area contributed by atoms with Gasteiger partial charge in [0.1, 0.15) is 0 Å². The molecule has 0 radical (unpaired) electrons. The van der Waals surface area contributed by atoms with Crippen molar-refractivity contribution < 1.29 is 9.59 Å². The molecule has 0 aliphatic carbocycles. The van der Waals surface area contributed by atoms with Gasteiger partial charge in [0.05, 0.1) is 5.92 Å². The molecule has 2 saturated heterocycles. The molecule has 0 spiro atoms. The fourth-order valence-corrected chi connectivity index (χ4v) is 3.86. The van der Waals surface area contributed by atoms with Gasteiger partial charge in [0.15, 0.2) is 0 Å². The van der Waals surface area contributed by atoms with Gasteiger partial charge in [0.2, 0.25) is 11.8 Å². The summed E-state index contributed by atoms with van der Waals surface area (Å²) >= 11 is 0. The highest BCUT2D eigenvalue weighted by Gasteiger charge is 2.38. The maximum atomic E-state index is 12.7. The van der Waals surface area contributed by atoms with Crippen LogP contribution in [0.25, 0.3) is 0 Å². The quantitative estimate of drug-likeness (QED) is 0.778. The number of rotatable bonds is 7. The predicted molar refractivity (Wildman–Crippen MR) is 92.0 cm³/mol. The van der Waals surface area contributed by atoms with Gasteiger partial charge in [-0.05, 0) is 45.2 Å². The Kier molecular flexibility index (Phi) is 6.88. The van der Waals surface area contributed by atoms with Crippen molar-refractivity contribution in [2.75, 3.05) is 32.7 Å². The minimum atomic E-state index is -0.118. The summed E-state index contributed by atoms with van der Waals surface area (Å²) in [5.41, 5.74) is 0. The molecule has 2 fully saturated rings. The van der Waals surface area contributed by atoms with E-state index in [0.717, 1.165) is 51.9 Å². The Hall–Kier alpha value is -1.10. The van der Waals surface area contributed by atoms with Crippen LogP contribution >= 0.6 is 0 Å². The molecule has 0 aromatic carbocycles. The summed E-state index contributed by atoms with van der Waals surface area (Å²) in [6.45, 7) is 10.8. The molecule has 2 amide bonds. The van der Waals surface area contributed by atoms with Crippen molar-refractivity contribution in [1.82, 2.24) is 15.1 Å². The Bertz CT molecular complexity index is 405. The van der Waals surface area contributed by atoms with Crippen molar-refractivity contribution in [3.63, 3.8) is 0 Å². The minimum Gasteiger partial charge on any atom is -0.342 e. The lowest BCUT2D eigenvalue weighted by molar-refractivity contribution is -0.137. The molecule has 2 rings (SSSR count). The molecule has 2 aliphatic heterocycles. The molecule has 1 N–H and O–H groups in total. The van der Waals surface area contributed by atoms with Crippen LogP contribution in [0.4, 0.5) is 0 Å². The lowest BCUT2D eigenvalue weighted by Crippen LogP contribution is -2.44. The molecular formula is C18H33N3O2. The highest BCUT2D eigenvalue weighted by atomic mass is 16.2. The average Bonchev–Trinajstić information content (AvgIpc) is 2.95. The second-order valence-corrected chi connectivity index (χ2v) is 7.16. The summed E-state index contributed by atoms with van der Waals surface area (Å²) in [6, 6.07) is 0.260. The van der Waals surface area contributed by atoms with E-state index in [1.165, 1.54) is 0 Å². The number of carbonyl (C=O) groups is 2. The van der Waals surface area contributed by atoms with Gasteiger partial charge in [-0.3, -0.25) is 9.59 Å². The van der Waals surface area contributed by atoms with Crippen molar-refractivity contribution in [3.05, 3.63) is 0 Å². The normalized spacial score (nSPS) is 24.3. The van der Waals surface area contributed by atoms with E-state index in [-0.39, 0.29) is 23.8 Å². The van der Waals surface area contributed by atoms with Crippen LogP contribution in [0, 0.1) is 11.8 Å². The van der Waals surface area contributed by atoms with Crippen molar-refractivity contribution >= 4 is 11.8 Å². The topological polar surface area (TPSA) is 52.7 Å². The highest BCUT2D eigenvalue weighted by molar-refractivity contribution is 5.89. The first-order chi connectivity index (χ1) is 11.1. The van der Waals surface area contributed by atoms with E-state index in [9.17, 15) is 9.59 Å². The van der Waals surface area contributed by atoms with Gasteiger partial charge in [-0.15, -0.1) is 0 Å². The molecule has 2 aliphatic rings. The van der Waals surface area contributed by atoms with Crippen molar-refractivity contribution in [2.24, 2.45) is 11.8 Å². The van der Waals surface area contributed by atoms with Gasteiger partial charge in [-0.1, -0.05) is 20.3 Å². The standard InChI is InChI=1S/C18H33N3O2/c1-4-6-14(3)21-13-16(11-17(21)22)18(23)20-9-7-15(8-10-20)12-19-5-2/h14-16,19H,4-13H2,1-3H3. The van der Waals surface area contributed by atoms with E-state index >= 15 is 0 Å². The van der Waals surface area contributed by atoms with Gasteiger partial charge < -0.3 is 15.1 Å². The molecule has 2 atom stereocenters. The van der Waals surface area contributed by atoms with Crippen LogP contribution in [-0.4, -0.2) is 60.4 Å². The van der Waals surface area contributed by atoms with Gasteiger partial charge in [-0.2, -0.15) is 0 Å². The summed E-state index contributed by atoms with van der Waals surface area (Å²) in [4.78, 5) is 28.8. The Morgan fingerprint density at radius 3 is 2.61 bits per heavy atom. The summed E-state index contributed by atoms with van der Waals surface area (Å²) in [5, 5.41) is 3.40. The molecule has 2 unspecified atom stereocenters. The maximum Gasteiger partial charge on any atom is 0.227 e. The third kappa shape index (κ3) is 4.69. The Morgan fingerprint density at radius 1 is 1.30 bits per heavy atom. The number of hydrogen-bond donors (Lipinski definition) is 1. The van der Waals surface area contributed by atoms with E-state index in [1.807, 2.05) is 9.80 Å². The SMILES string of the molecule is CCCC(C)N1CC(C(=O)N2CCC(CNCC)CC2)CC1=O. The average molecular weight is 323 g/mol. The van der Waals surface area contributed by atoms with E-state index in [4.69, 9.17) is 0 Å². The number of carbonyl (C=O) groups excluding carboxylic acids is 2. The van der Waals surface area contributed by atoms with Gasteiger partial charge >= 0.3 is 0 Å². The van der Waals surface area contributed by atoms with Gasteiger partial charge in [-0.25, -0.2) is 0 Å². The number of nitrogens with one attached hydrogen (secondary N) is 1. The molecule has 132 valence electrons. The number of piperidine rings is 1. The Labute approximate surface area is 140 Å². The molecule has 0 saturated carbocycles. The van der Waals surface area contributed by atoms with Crippen LogP contribution in [0.1, 0.15) is 52.9 Å². The van der Waals surface area contributed by atoms with E-state index in [1.54, 1.807) is 0 Å². The van der Waals surface area contributed by atoms with Crippen molar-refractivity contribution in [2.45, 2.75) is 58.9 Å². The van der Waals surface area contributed by atoms with E-state index < -0.39 is 0 Å². The molecule has 2 heterocycles. The Balaban J connectivity index is 1.82. The molecule has 23 heavy (non-hydrogen) atoms. The summed E-state index contributed by atoms with van der Waals surface area (Å²) < 4.78 is 0. The second-order valence-electron chi connectivity index (χ2n) is 7.16. The summed E-state index contributed by atoms with van der Waals surface area (Å²) in [5.74, 6) is 0.926. The van der Waals surface area contributed by atoms with Crippen LogP contribution in [0.3, 0.4) is 0 Å². The maximum absolute atomic E-state index is 12.7. The van der Waals surface area contributed by atoms with E-state index in [0.29, 0.717) is 18.9 Å². The molecule has 0 aromatic heterocycles. The summed E-state index contributed by atoms with van der Waals surface area (Å²) in [6.07, 6.45) is 4.65. The molecule has 5 heteroatoms. The third-order valence-corrected chi connectivity index (χ3v) is 5.36. The molecular weight excluding hydrogens is 290 g/mol. The van der Waals surface area contributed by atoms with Crippen molar-refractivity contribution in [1.29, 1.82) is 0 Å². The van der Waals surface area contributed by atoms with Crippen LogP contribution < -0.4 is 5.32 Å². The number of nitrogens with zero attached hydrogens (tertiary/aromatic N) is 2. The lowest BCUT2D eigenvalue weighted by Gasteiger charge is -2.33. The fourth-order valence-electron chi connectivity index (χ4n) is 3.86. The number of hydrogen-bond acceptors (Lipinski definition) is 3. The van der Waals surface area contributed by atoms with Crippen molar-refractivity contribution in [3.8, 4) is 0 Å². The van der Waals surface area contributed by atoms with E-state index in [2.05, 4.69) is 26.1 Å². The van der Waals surface area contributed by atoms with Gasteiger partial charge in [0.25, 0.3) is 0 Å². The monoisotopic (exact) mass is 323 g/mol. The number of likely N-dealkylation sites (tertiary alicyclic amines) is 2. The van der Waals surface area contributed by atoms with Crippen LogP contribution in [0.5, 0.6) is 0 Å². The number of amides is 2. The first-order valence-electron chi connectivity index (χ1n) is 9.35. The zero-order valence-corrected chi connectivity index (χ0v) is 15.0. The van der Waals surface area contributed by atoms with Gasteiger partial charge in [0, 0.05) is 32.1 Å². The first-order valence-corrected chi connectivity index (χ1v) is 9.35. The summed E-state index contributed by atoms with van der Waals surface area (Å²) in [7, 11) is 0. The third-order valence-electron chi connectivity index (χ3n) is 5.36. The predicted octanol–water partition coefficient (Wildman–Crippen LogP) is 1.87. The second kappa shape index (κ2) is 8.67. The zero-order valence-electron chi connectivity index (χ0n) is 15.0. The van der Waals surface area contributed by atoms with Crippen LogP contribution in [0.2, 0.25) is 0 Å². The molecule has 0 aromatic rings. The Morgan fingerprint density at radius 2 is 2.00 bits per heavy atom. The fraction of sp³-hybridized carbons (Fsp3) is 0.889. The zero-order chi connectivity index (χ0) is 16.8. The minimum absolute atomic E-state index is 0.118. The van der Waals surface area contributed by atoms with Crippen LogP contribution in [0.15, 0.2) is 0 Å². The first kappa shape index (κ1) is 18.2. The smallest absolute Gasteiger partial charge is 0.227 e. The largest absolute Gasteiger partial charge is 0.342 e. The molecule has 0 bridgehead atoms.